The van der Waals surface area contributed by atoms with E-state index in [4.69, 9.17) is 11.6 Å². The zero-order valence-corrected chi connectivity index (χ0v) is 9.45. The van der Waals surface area contributed by atoms with Gasteiger partial charge < -0.3 is 5.32 Å². The average Bonchev–Trinajstić information content (AvgIpc) is 2.09. The molecule has 0 atom stereocenters. The predicted octanol–water partition coefficient (Wildman–Crippen LogP) is 2.98. The molecule has 13 heavy (non-hydrogen) atoms. The van der Waals surface area contributed by atoms with Crippen molar-refractivity contribution in [1.29, 1.82) is 0 Å². The van der Waals surface area contributed by atoms with E-state index in [-0.39, 0.29) is 11.2 Å². The molecule has 0 bridgehead atoms. The number of hydrogen-bond acceptors (Lipinski definition) is 1. The van der Waals surface area contributed by atoms with Crippen LogP contribution in [-0.4, -0.2) is 11.2 Å². The van der Waals surface area contributed by atoms with Crippen molar-refractivity contribution in [2.24, 2.45) is 0 Å². The minimum Gasteiger partial charge on any atom is -0.324 e. The monoisotopic (exact) mass is 261 g/mol. The second-order valence-electron chi connectivity index (χ2n) is 2.67. The number of hydrogen-bond donors (Lipinski definition) is 1. The minimum atomic E-state index is -0.106. The van der Waals surface area contributed by atoms with Crippen molar-refractivity contribution in [2.45, 2.75) is 6.92 Å². The Labute approximate surface area is 90.4 Å². The number of anilines is 1. The Morgan fingerprint density at radius 2 is 2.31 bits per heavy atom. The van der Waals surface area contributed by atoms with E-state index in [9.17, 15) is 4.79 Å². The summed E-state index contributed by atoms with van der Waals surface area (Å²) in [6.45, 7) is 1.95. The number of aryl methyl sites for hydroxylation is 1. The Morgan fingerprint density at radius 3 is 2.85 bits per heavy atom. The van der Waals surface area contributed by atoms with Gasteiger partial charge in [-0.2, -0.15) is 0 Å². The Morgan fingerprint density at radius 1 is 1.62 bits per heavy atom. The molecule has 1 N–H and O–H groups in total. The van der Waals surface area contributed by atoms with Crippen LogP contribution in [0.2, 0.25) is 5.02 Å². The van der Waals surface area contributed by atoms with Crippen LogP contribution < -0.4 is 5.32 Å². The van der Waals surface area contributed by atoms with E-state index in [0.717, 1.165) is 5.56 Å². The fraction of sp³-hybridized carbons (Fsp3) is 0.222. The Balaban J connectivity index is 2.83. The van der Waals surface area contributed by atoms with Crippen LogP contribution in [0.15, 0.2) is 18.2 Å². The van der Waals surface area contributed by atoms with E-state index in [0.29, 0.717) is 10.7 Å². The molecule has 0 aliphatic rings. The summed E-state index contributed by atoms with van der Waals surface area (Å²) in [5, 5.41) is 3.51. The molecule has 4 heteroatoms. The SMILES string of the molecule is Cc1ccc(NC(=O)CBr)c(Cl)c1. The van der Waals surface area contributed by atoms with E-state index in [2.05, 4.69) is 21.2 Å². The Kier molecular flexibility index (Phi) is 3.75. The van der Waals surface area contributed by atoms with Gasteiger partial charge in [-0.15, -0.1) is 0 Å². The lowest BCUT2D eigenvalue weighted by molar-refractivity contribution is -0.113. The summed E-state index contributed by atoms with van der Waals surface area (Å²) in [4.78, 5) is 11.0. The third-order valence-corrected chi connectivity index (χ3v) is 2.34. The highest BCUT2D eigenvalue weighted by Gasteiger charge is 2.03. The third-order valence-electron chi connectivity index (χ3n) is 1.52. The van der Waals surface area contributed by atoms with Crippen LogP contribution in [0, 0.1) is 6.92 Å². The molecule has 0 fully saturated rings. The summed E-state index contributed by atoms with van der Waals surface area (Å²) in [5.41, 5.74) is 1.72. The topological polar surface area (TPSA) is 29.1 Å². The fourth-order valence-corrected chi connectivity index (χ4v) is 1.33. The molecule has 0 saturated carbocycles. The standard InChI is InChI=1S/C9H9BrClNO/c1-6-2-3-8(7(11)4-6)12-9(13)5-10/h2-4H,5H2,1H3,(H,12,13). The number of benzene rings is 1. The lowest BCUT2D eigenvalue weighted by Crippen LogP contribution is -2.12. The first kappa shape index (κ1) is 10.5. The lowest BCUT2D eigenvalue weighted by atomic mass is 10.2. The molecule has 0 saturated heterocycles. The van der Waals surface area contributed by atoms with E-state index in [1.807, 2.05) is 19.1 Å². The maximum Gasteiger partial charge on any atom is 0.235 e. The van der Waals surface area contributed by atoms with Crippen molar-refractivity contribution >= 4 is 39.1 Å². The molecule has 0 heterocycles. The first-order chi connectivity index (χ1) is 6.13. The zero-order chi connectivity index (χ0) is 9.84. The van der Waals surface area contributed by atoms with Crippen molar-refractivity contribution in [1.82, 2.24) is 0 Å². The second kappa shape index (κ2) is 4.63. The van der Waals surface area contributed by atoms with Gasteiger partial charge in [0.05, 0.1) is 16.0 Å². The molecular formula is C9H9BrClNO. The summed E-state index contributed by atoms with van der Waals surface area (Å²) >= 11 is 8.96. The molecular weight excluding hydrogens is 253 g/mol. The number of amides is 1. The smallest absolute Gasteiger partial charge is 0.235 e. The van der Waals surface area contributed by atoms with Gasteiger partial charge in [0.2, 0.25) is 5.91 Å². The van der Waals surface area contributed by atoms with Gasteiger partial charge in [0, 0.05) is 0 Å². The molecule has 70 valence electrons. The number of carbonyl (C=O) groups is 1. The van der Waals surface area contributed by atoms with Gasteiger partial charge in [-0.25, -0.2) is 0 Å². The minimum absolute atomic E-state index is 0.106. The number of carbonyl (C=O) groups excluding carboxylic acids is 1. The summed E-state index contributed by atoms with van der Waals surface area (Å²) < 4.78 is 0. The lowest BCUT2D eigenvalue weighted by Gasteiger charge is -2.05. The van der Waals surface area contributed by atoms with Crippen LogP contribution in [0.25, 0.3) is 0 Å². The van der Waals surface area contributed by atoms with Crippen LogP contribution in [0.1, 0.15) is 5.56 Å². The van der Waals surface area contributed by atoms with Gasteiger partial charge >= 0.3 is 0 Å². The zero-order valence-electron chi connectivity index (χ0n) is 7.10. The molecule has 0 radical (unpaired) electrons. The van der Waals surface area contributed by atoms with Crippen LogP contribution in [-0.2, 0) is 4.79 Å². The van der Waals surface area contributed by atoms with Crippen molar-refractivity contribution < 1.29 is 4.79 Å². The van der Waals surface area contributed by atoms with Crippen molar-refractivity contribution in [3.05, 3.63) is 28.8 Å². The molecule has 1 aromatic rings. The van der Waals surface area contributed by atoms with Crippen molar-refractivity contribution in [3.63, 3.8) is 0 Å². The average molecular weight is 263 g/mol. The molecule has 0 spiro atoms. The van der Waals surface area contributed by atoms with Gasteiger partial charge in [-0.1, -0.05) is 33.6 Å². The highest BCUT2D eigenvalue weighted by molar-refractivity contribution is 9.09. The summed E-state index contributed by atoms with van der Waals surface area (Å²) in [5.74, 6) is -0.106. The highest BCUT2D eigenvalue weighted by atomic mass is 79.9. The molecule has 1 amide bonds. The molecule has 0 aromatic heterocycles. The third kappa shape index (κ3) is 3.01. The normalized spacial score (nSPS) is 9.77. The summed E-state index contributed by atoms with van der Waals surface area (Å²) in [6.07, 6.45) is 0. The summed E-state index contributed by atoms with van der Waals surface area (Å²) in [7, 11) is 0. The quantitative estimate of drug-likeness (QED) is 0.816. The van der Waals surface area contributed by atoms with Gasteiger partial charge in [0.25, 0.3) is 0 Å². The van der Waals surface area contributed by atoms with Crippen molar-refractivity contribution in [2.75, 3.05) is 10.6 Å². The summed E-state index contributed by atoms with van der Waals surface area (Å²) in [6, 6.07) is 5.50. The van der Waals surface area contributed by atoms with Crippen LogP contribution in [0.4, 0.5) is 5.69 Å². The fourth-order valence-electron chi connectivity index (χ4n) is 0.905. The molecule has 0 aliphatic heterocycles. The molecule has 0 unspecified atom stereocenters. The van der Waals surface area contributed by atoms with Crippen LogP contribution in [0.5, 0.6) is 0 Å². The van der Waals surface area contributed by atoms with Crippen LogP contribution >= 0.6 is 27.5 Å². The van der Waals surface area contributed by atoms with Crippen molar-refractivity contribution in [3.8, 4) is 0 Å². The Hall–Kier alpha value is -0.540. The molecule has 1 rings (SSSR count). The van der Waals surface area contributed by atoms with E-state index < -0.39 is 0 Å². The molecule has 0 aliphatic carbocycles. The first-order valence-electron chi connectivity index (χ1n) is 3.75. The van der Waals surface area contributed by atoms with E-state index >= 15 is 0 Å². The highest BCUT2D eigenvalue weighted by Crippen LogP contribution is 2.22. The number of halogens is 2. The maximum absolute atomic E-state index is 11.0. The second-order valence-corrected chi connectivity index (χ2v) is 3.63. The van der Waals surface area contributed by atoms with Crippen LogP contribution in [0.3, 0.4) is 0 Å². The largest absolute Gasteiger partial charge is 0.324 e. The van der Waals surface area contributed by atoms with E-state index in [1.54, 1.807) is 6.07 Å². The first-order valence-corrected chi connectivity index (χ1v) is 5.25. The number of rotatable bonds is 2. The van der Waals surface area contributed by atoms with Gasteiger partial charge in [-0.3, -0.25) is 4.79 Å². The van der Waals surface area contributed by atoms with Gasteiger partial charge in [-0.05, 0) is 24.6 Å². The molecule has 1 aromatic carbocycles. The van der Waals surface area contributed by atoms with Gasteiger partial charge in [0.1, 0.15) is 0 Å². The predicted molar refractivity (Wildman–Crippen MR) is 58.6 cm³/mol. The number of nitrogens with one attached hydrogen (secondary N) is 1. The van der Waals surface area contributed by atoms with E-state index in [1.165, 1.54) is 0 Å². The molecule has 2 nitrogen and oxygen atoms in total. The van der Waals surface area contributed by atoms with Gasteiger partial charge in [0.15, 0.2) is 0 Å². The maximum atomic E-state index is 11.0. The Bertz CT molecular complexity index is 327. The number of alkyl halides is 1.